The van der Waals surface area contributed by atoms with E-state index < -0.39 is 56.6 Å². The minimum Gasteiger partial charge on any atom is -0.497 e. The van der Waals surface area contributed by atoms with Crippen LogP contribution in [0, 0.1) is 10.1 Å². The number of ether oxygens (including phenoxy) is 6. The van der Waals surface area contributed by atoms with Crippen LogP contribution in [-0.2, 0) is 48.3 Å². The number of benzene rings is 4. The zero-order chi connectivity index (χ0) is 36.5. The van der Waals surface area contributed by atoms with Crippen LogP contribution in [0.3, 0.4) is 0 Å². The Hall–Kier alpha value is -4.61. The highest BCUT2D eigenvalue weighted by atomic mass is 32.2. The minimum atomic E-state index is -4.67. The van der Waals surface area contributed by atoms with Gasteiger partial charge in [-0.15, -0.1) is 0 Å². The van der Waals surface area contributed by atoms with Crippen LogP contribution in [0.15, 0.2) is 102 Å². The maximum atomic E-state index is 13.7. The molecule has 6 atom stereocenters. The summed E-state index contributed by atoms with van der Waals surface area (Å²) in [5, 5.41) is 34.7. The van der Waals surface area contributed by atoms with Crippen molar-refractivity contribution in [1.29, 1.82) is 0 Å². The second kappa shape index (κ2) is 17.1. The molecule has 1 aliphatic rings. The fourth-order valence-electron chi connectivity index (χ4n) is 5.52. The van der Waals surface area contributed by atoms with E-state index in [0.717, 1.165) is 24.3 Å². The molecule has 4 aromatic carbocycles. The Morgan fingerprint density at radius 3 is 1.25 bits per heavy atom. The van der Waals surface area contributed by atoms with E-state index in [2.05, 4.69) is 0 Å². The molecule has 0 saturated heterocycles. The second-order valence-corrected chi connectivity index (χ2v) is 13.2. The fourth-order valence-corrected chi connectivity index (χ4v) is 6.62. The highest BCUT2D eigenvalue weighted by Gasteiger charge is 2.54. The van der Waals surface area contributed by atoms with Crippen molar-refractivity contribution in [3.05, 3.63) is 124 Å². The smallest absolute Gasteiger partial charge is 0.297 e. The quantitative estimate of drug-likeness (QED) is 0.0954. The Bertz CT molecular complexity index is 1750. The van der Waals surface area contributed by atoms with Crippen molar-refractivity contribution < 1.29 is 56.2 Å². The summed E-state index contributed by atoms with van der Waals surface area (Å²) in [6.45, 7) is -0.239. The van der Waals surface area contributed by atoms with E-state index in [1.165, 1.54) is 14.2 Å². The summed E-state index contributed by atoms with van der Waals surface area (Å²) < 4.78 is 67.3. The highest BCUT2D eigenvalue weighted by molar-refractivity contribution is 7.86. The van der Waals surface area contributed by atoms with Gasteiger partial charge in [0.15, 0.2) is 0 Å². The molecular formula is C36H39NO13S. The number of aliphatic hydroxyl groups excluding tert-OH is 2. The Balaban J connectivity index is 1.49. The lowest BCUT2D eigenvalue weighted by Gasteiger charge is -2.46. The number of nitro groups is 1. The van der Waals surface area contributed by atoms with Gasteiger partial charge in [-0.05, 0) is 65.2 Å². The van der Waals surface area contributed by atoms with Crippen molar-refractivity contribution in [1.82, 2.24) is 0 Å². The van der Waals surface area contributed by atoms with E-state index in [0.29, 0.717) is 33.9 Å². The summed E-state index contributed by atoms with van der Waals surface area (Å²) in [6.07, 6.45) is -9.03. The lowest BCUT2D eigenvalue weighted by Crippen LogP contribution is -2.66. The number of nitrogens with zero attached hydrogens (tertiary/aromatic N) is 1. The number of aliphatic hydroxyl groups is 2. The average Bonchev–Trinajstić information content (AvgIpc) is 3.15. The molecule has 14 nitrogen and oxygen atoms in total. The third kappa shape index (κ3) is 9.39. The van der Waals surface area contributed by atoms with Crippen LogP contribution in [0.2, 0.25) is 0 Å². The van der Waals surface area contributed by atoms with Gasteiger partial charge >= 0.3 is 0 Å². The first-order chi connectivity index (χ1) is 24.5. The van der Waals surface area contributed by atoms with E-state index >= 15 is 0 Å². The zero-order valence-electron chi connectivity index (χ0n) is 28.1. The van der Waals surface area contributed by atoms with Gasteiger partial charge in [-0.3, -0.25) is 14.3 Å². The van der Waals surface area contributed by atoms with Gasteiger partial charge in [0, 0.05) is 12.1 Å². The molecule has 0 aliphatic heterocycles. The van der Waals surface area contributed by atoms with E-state index in [4.69, 9.17) is 32.6 Å². The van der Waals surface area contributed by atoms with Crippen LogP contribution in [-0.4, -0.2) is 81.5 Å². The van der Waals surface area contributed by atoms with Crippen LogP contribution in [0.4, 0.5) is 5.69 Å². The molecule has 5 rings (SSSR count). The molecule has 1 aliphatic carbocycles. The van der Waals surface area contributed by atoms with Gasteiger partial charge in [0.05, 0.1) is 51.0 Å². The maximum Gasteiger partial charge on any atom is 0.297 e. The summed E-state index contributed by atoms with van der Waals surface area (Å²) >= 11 is 0. The first-order valence-corrected chi connectivity index (χ1v) is 17.2. The van der Waals surface area contributed by atoms with Gasteiger partial charge in [0.2, 0.25) is 0 Å². The number of hydrogen-bond donors (Lipinski definition) is 2. The van der Waals surface area contributed by atoms with E-state index in [1.807, 2.05) is 0 Å². The van der Waals surface area contributed by atoms with Crippen molar-refractivity contribution in [3.8, 4) is 17.2 Å². The lowest BCUT2D eigenvalue weighted by atomic mass is 9.84. The molecule has 2 unspecified atom stereocenters. The molecule has 15 heteroatoms. The summed E-state index contributed by atoms with van der Waals surface area (Å²) in [6, 6.07) is 24.9. The first-order valence-electron chi connectivity index (χ1n) is 15.8. The van der Waals surface area contributed by atoms with Crippen molar-refractivity contribution in [2.24, 2.45) is 0 Å². The molecule has 51 heavy (non-hydrogen) atoms. The van der Waals surface area contributed by atoms with E-state index in [9.17, 15) is 28.7 Å². The van der Waals surface area contributed by atoms with E-state index in [-0.39, 0.29) is 25.5 Å². The summed E-state index contributed by atoms with van der Waals surface area (Å²) in [5.74, 6) is 1.84. The summed E-state index contributed by atoms with van der Waals surface area (Å²) in [7, 11) is -0.0716. The predicted octanol–water partition coefficient (Wildman–Crippen LogP) is 4.19. The minimum absolute atomic E-state index is 0.0359. The number of rotatable bonds is 16. The molecule has 0 heterocycles. The third-order valence-corrected chi connectivity index (χ3v) is 9.70. The Labute approximate surface area is 295 Å². The fraction of sp³-hybridized carbons (Fsp3) is 0.333. The largest absolute Gasteiger partial charge is 0.497 e. The molecule has 0 spiro atoms. The summed E-state index contributed by atoms with van der Waals surface area (Å²) in [5.41, 5.74) is 1.71. The van der Waals surface area contributed by atoms with Crippen LogP contribution in [0.1, 0.15) is 16.7 Å². The van der Waals surface area contributed by atoms with Gasteiger partial charge in [0.25, 0.3) is 15.8 Å². The Kier molecular flexibility index (Phi) is 12.6. The van der Waals surface area contributed by atoms with Crippen LogP contribution in [0.5, 0.6) is 17.2 Å². The number of non-ortho nitro benzene ring substituents is 1. The van der Waals surface area contributed by atoms with Crippen LogP contribution < -0.4 is 14.2 Å². The Morgan fingerprint density at radius 1 is 0.569 bits per heavy atom. The first kappa shape index (κ1) is 37.6. The molecule has 4 aromatic rings. The molecule has 1 fully saturated rings. The van der Waals surface area contributed by atoms with E-state index in [1.54, 1.807) is 79.9 Å². The van der Waals surface area contributed by atoms with Gasteiger partial charge in [0.1, 0.15) is 53.9 Å². The predicted molar refractivity (Wildman–Crippen MR) is 182 cm³/mol. The Morgan fingerprint density at radius 2 is 0.922 bits per heavy atom. The van der Waals surface area contributed by atoms with Gasteiger partial charge < -0.3 is 38.6 Å². The topological polar surface area (TPSA) is 182 Å². The van der Waals surface area contributed by atoms with Crippen molar-refractivity contribution in [3.63, 3.8) is 0 Å². The normalized spacial score (nSPS) is 21.9. The molecule has 0 amide bonds. The molecule has 0 aromatic heterocycles. The summed E-state index contributed by atoms with van der Waals surface area (Å²) in [4.78, 5) is 10.1. The molecule has 0 radical (unpaired) electrons. The monoisotopic (exact) mass is 725 g/mol. The van der Waals surface area contributed by atoms with Crippen LogP contribution in [0.25, 0.3) is 0 Å². The second-order valence-electron chi connectivity index (χ2n) is 11.6. The SMILES string of the molecule is COc1ccc(COC2[C@@H](O)[C@@H](OCc3ccc(OC)cc3)C(OS(=O)(=O)c3ccc([N+](=O)[O-])cc3)[C@H](OCc3ccc(OC)cc3)[C@H]2O)cc1. The number of hydrogen-bond acceptors (Lipinski definition) is 13. The number of methoxy groups -OCH3 is 3. The van der Waals surface area contributed by atoms with Gasteiger partial charge in [-0.25, -0.2) is 0 Å². The molecular weight excluding hydrogens is 686 g/mol. The molecule has 272 valence electrons. The average molecular weight is 726 g/mol. The highest BCUT2D eigenvalue weighted by Crippen LogP contribution is 2.34. The number of nitro benzene ring substituents is 1. The van der Waals surface area contributed by atoms with Gasteiger partial charge in [-0.1, -0.05) is 36.4 Å². The van der Waals surface area contributed by atoms with Gasteiger partial charge in [-0.2, -0.15) is 8.42 Å². The van der Waals surface area contributed by atoms with Crippen molar-refractivity contribution in [2.45, 2.75) is 61.3 Å². The third-order valence-electron chi connectivity index (χ3n) is 8.37. The van der Waals surface area contributed by atoms with Crippen molar-refractivity contribution >= 4 is 15.8 Å². The molecule has 0 bridgehead atoms. The van der Waals surface area contributed by atoms with Crippen LogP contribution >= 0.6 is 0 Å². The lowest BCUT2D eigenvalue weighted by molar-refractivity contribution is -0.384. The molecule has 2 N–H and O–H groups in total. The molecule has 1 saturated carbocycles. The maximum absolute atomic E-state index is 13.7. The standard InChI is InChI=1S/C36H39NO13S/c1-44-27-12-4-23(5-13-27)20-47-33-31(38)34(48-21-24-6-14-28(45-2)15-7-24)36(50-51(42,43)30-18-10-26(11-19-30)37(40)41)35(32(33)39)49-22-25-8-16-29(46-3)17-9-25/h4-19,31-36,38-39H,20-22H2,1-3H3/t31-,32+,33?,34-,35-,36?/m1/s1. The van der Waals surface area contributed by atoms with Crippen molar-refractivity contribution in [2.75, 3.05) is 21.3 Å². The zero-order valence-corrected chi connectivity index (χ0v) is 28.9.